The Morgan fingerprint density at radius 3 is 2.64 bits per heavy atom. The molecular formula is C17H27N3O2. The second-order valence-electron chi connectivity index (χ2n) is 6.04. The van der Waals surface area contributed by atoms with Crippen LogP contribution in [0.4, 0.5) is 0 Å². The summed E-state index contributed by atoms with van der Waals surface area (Å²) in [6, 6.07) is 1.89. The highest BCUT2D eigenvalue weighted by molar-refractivity contribution is 5.92. The van der Waals surface area contributed by atoms with Crippen molar-refractivity contribution < 1.29 is 9.53 Å². The van der Waals surface area contributed by atoms with Gasteiger partial charge in [-0.2, -0.15) is 0 Å². The molecule has 2 rings (SSSR count). The number of aromatic nitrogens is 2. The predicted octanol–water partition coefficient (Wildman–Crippen LogP) is 2.84. The number of hydrogen-bond donors (Lipinski definition) is 0. The van der Waals surface area contributed by atoms with E-state index in [0.717, 1.165) is 25.9 Å². The van der Waals surface area contributed by atoms with E-state index in [2.05, 4.69) is 23.8 Å². The first-order valence-electron chi connectivity index (χ1n) is 8.18. The minimum atomic E-state index is -0.0308. The third-order valence-electron chi connectivity index (χ3n) is 5.21. The predicted molar refractivity (Wildman–Crippen MR) is 85.7 cm³/mol. The molecule has 1 aliphatic carbocycles. The Labute approximate surface area is 133 Å². The molecule has 22 heavy (non-hydrogen) atoms. The van der Waals surface area contributed by atoms with Crippen LogP contribution >= 0.6 is 0 Å². The third-order valence-corrected chi connectivity index (χ3v) is 5.21. The third kappa shape index (κ3) is 2.74. The number of nitrogens with zero attached hydrogens (tertiary/aromatic N) is 3. The summed E-state index contributed by atoms with van der Waals surface area (Å²) in [6.45, 7) is 8.93. The van der Waals surface area contributed by atoms with Gasteiger partial charge in [-0.25, -0.2) is 9.97 Å². The number of amides is 1. The van der Waals surface area contributed by atoms with Crippen LogP contribution in [0.5, 0.6) is 0 Å². The fourth-order valence-electron chi connectivity index (χ4n) is 3.78. The van der Waals surface area contributed by atoms with Gasteiger partial charge in [0, 0.05) is 31.3 Å². The van der Waals surface area contributed by atoms with Crippen molar-refractivity contribution in [2.75, 3.05) is 13.7 Å². The quantitative estimate of drug-likeness (QED) is 0.811. The Balaban J connectivity index is 2.18. The molecule has 0 radical (unpaired) electrons. The normalized spacial score (nSPS) is 23.0. The van der Waals surface area contributed by atoms with Gasteiger partial charge in [0.05, 0.1) is 6.10 Å². The molecule has 0 N–H and O–H groups in total. The second-order valence-corrected chi connectivity index (χ2v) is 6.04. The van der Waals surface area contributed by atoms with Crippen molar-refractivity contribution in [1.29, 1.82) is 0 Å². The zero-order valence-electron chi connectivity index (χ0n) is 14.3. The maximum Gasteiger partial charge on any atom is 0.272 e. The summed E-state index contributed by atoms with van der Waals surface area (Å²) in [6.07, 6.45) is 4.82. The van der Waals surface area contributed by atoms with E-state index in [-0.39, 0.29) is 23.5 Å². The topological polar surface area (TPSA) is 55.3 Å². The summed E-state index contributed by atoms with van der Waals surface area (Å²) in [5.41, 5.74) is 0.527. The van der Waals surface area contributed by atoms with Crippen LogP contribution in [-0.2, 0) is 4.74 Å². The highest BCUT2D eigenvalue weighted by Crippen LogP contribution is 2.51. The Bertz CT molecular complexity index is 528. The van der Waals surface area contributed by atoms with Gasteiger partial charge in [0.25, 0.3) is 5.91 Å². The molecule has 1 aromatic rings. The van der Waals surface area contributed by atoms with Crippen LogP contribution < -0.4 is 0 Å². The smallest absolute Gasteiger partial charge is 0.272 e. The summed E-state index contributed by atoms with van der Waals surface area (Å²) in [4.78, 5) is 22.9. The van der Waals surface area contributed by atoms with Crippen molar-refractivity contribution >= 4 is 5.91 Å². The van der Waals surface area contributed by atoms with Crippen molar-refractivity contribution in [3.63, 3.8) is 0 Å². The van der Waals surface area contributed by atoms with Crippen LogP contribution in [-0.4, -0.2) is 46.6 Å². The van der Waals surface area contributed by atoms with E-state index in [1.54, 1.807) is 19.2 Å². The number of aryl methyl sites for hydroxylation is 1. The first-order valence-corrected chi connectivity index (χ1v) is 8.18. The molecule has 1 amide bonds. The zero-order chi connectivity index (χ0) is 16.3. The molecule has 1 aliphatic rings. The van der Waals surface area contributed by atoms with E-state index in [9.17, 15) is 4.79 Å². The molecule has 0 aliphatic heterocycles. The molecule has 5 heteroatoms. The zero-order valence-corrected chi connectivity index (χ0v) is 14.3. The van der Waals surface area contributed by atoms with Gasteiger partial charge in [-0.05, 0) is 39.2 Å². The first kappa shape index (κ1) is 16.9. The molecule has 2 atom stereocenters. The number of hydrogen-bond acceptors (Lipinski definition) is 4. The van der Waals surface area contributed by atoms with Crippen molar-refractivity contribution in [1.82, 2.24) is 14.9 Å². The molecule has 0 aromatic carbocycles. The molecule has 1 aromatic heterocycles. The van der Waals surface area contributed by atoms with E-state index in [1.807, 2.05) is 18.9 Å². The van der Waals surface area contributed by atoms with E-state index in [0.29, 0.717) is 11.5 Å². The average Bonchev–Trinajstić information content (AvgIpc) is 2.51. The number of carbonyl (C=O) groups excluding carboxylic acids is 1. The van der Waals surface area contributed by atoms with Crippen molar-refractivity contribution in [3.05, 3.63) is 23.8 Å². The van der Waals surface area contributed by atoms with Crippen molar-refractivity contribution in [3.8, 4) is 0 Å². The second kappa shape index (κ2) is 6.73. The van der Waals surface area contributed by atoms with Gasteiger partial charge in [0.1, 0.15) is 11.5 Å². The lowest BCUT2D eigenvalue weighted by atomic mass is 9.58. The van der Waals surface area contributed by atoms with Gasteiger partial charge < -0.3 is 9.64 Å². The molecule has 122 valence electrons. The number of rotatable bonds is 6. The summed E-state index contributed by atoms with van der Waals surface area (Å²) < 4.78 is 5.90. The van der Waals surface area contributed by atoms with Gasteiger partial charge in [0.2, 0.25) is 0 Å². The van der Waals surface area contributed by atoms with Crippen LogP contribution in [0, 0.1) is 12.3 Å². The van der Waals surface area contributed by atoms with Crippen molar-refractivity contribution in [2.24, 2.45) is 5.41 Å². The Kier molecular flexibility index (Phi) is 5.16. The van der Waals surface area contributed by atoms with Gasteiger partial charge >= 0.3 is 0 Å². The van der Waals surface area contributed by atoms with Crippen LogP contribution in [0.2, 0.25) is 0 Å². The maximum absolute atomic E-state index is 12.7. The molecule has 2 unspecified atom stereocenters. The minimum Gasteiger partial charge on any atom is -0.378 e. The van der Waals surface area contributed by atoms with Crippen LogP contribution in [0.1, 0.15) is 56.3 Å². The number of carbonyl (C=O) groups is 1. The van der Waals surface area contributed by atoms with Gasteiger partial charge in [-0.15, -0.1) is 0 Å². The molecule has 0 saturated heterocycles. The van der Waals surface area contributed by atoms with E-state index in [1.165, 1.54) is 0 Å². The highest BCUT2D eigenvalue weighted by Gasteiger charge is 2.55. The first-order chi connectivity index (χ1) is 10.5. The molecule has 1 heterocycles. The highest BCUT2D eigenvalue weighted by atomic mass is 16.5. The molecule has 0 spiro atoms. The fraction of sp³-hybridized carbons (Fsp3) is 0.706. The van der Waals surface area contributed by atoms with Crippen LogP contribution in [0.3, 0.4) is 0 Å². The van der Waals surface area contributed by atoms with E-state index >= 15 is 0 Å². The standard InChI is InChI=1S/C17H27N3O2/c1-6-17(7-2)14(11-15(17)22-8-3)20(5)16(21)13-9-10-18-12(4)19-13/h9-10,14-15H,6-8,11H2,1-5H3. The fourth-order valence-corrected chi connectivity index (χ4v) is 3.78. The molecule has 1 saturated carbocycles. The lowest BCUT2D eigenvalue weighted by Crippen LogP contribution is -2.64. The monoisotopic (exact) mass is 305 g/mol. The summed E-state index contributed by atoms with van der Waals surface area (Å²) >= 11 is 0. The Morgan fingerprint density at radius 1 is 1.41 bits per heavy atom. The van der Waals surface area contributed by atoms with E-state index in [4.69, 9.17) is 4.74 Å². The lowest BCUT2D eigenvalue weighted by Gasteiger charge is -2.58. The van der Waals surface area contributed by atoms with Crippen molar-refractivity contribution in [2.45, 2.75) is 59.1 Å². The number of ether oxygens (including phenoxy) is 1. The summed E-state index contributed by atoms with van der Waals surface area (Å²) in [5, 5.41) is 0. The lowest BCUT2D eigenvalue weighted by molar-refractivity contribution is -0.159. The minimum absolute atomic E-state index is 0.0308. The summed E-state index contributed by atoms with van der Waals surface area (Å²) in [5.74, 6) is 0.592. The SMILES string of the molecule is CCOC1CC(N(C)C(=O)c2ccnc(C)n2)C1(CC)CC. The Morgan fingerprint density at radius 2 is 2.09 bits per heavy atom. The molecule has 5 nitrogen and oxygen atoms in total. The molecule has 1 fully saturated rings. The van der Waals surface area contributed by atoms with E-state index < -0.39 is 0 Å². The van der Waals surface area contributed by atoms with Crippen LogP contribution in [0.25, 0.3) is 0 Å². The average molecular weight is 305 g/mol. The van der Waals surface area contributed by atoms with Gasteiger partial charge in [-0.1, -0.05) is 13.8 Å². The molecular weight excluding hydrogens is 278 g/mol. The van der Waals surface area contributed by atoms with Gasteiger partial charge in [-0.3, -0.25) is 4.79 Å². The summed E-state index contributed by atoms with van der Waals surface area (Å²) in [7, 11) is 1.88. The Hall–Kier alpha value is -1.49. The van der Waals surface area contributed by atoms with Gasteiger partial charge in [0.15, 0.2) is 0 Å². The molecule has 0 bridgehead atoms. The van der Waals surface area contributed by atoms with Crippen LogP contribution in [0.15, 0.2) is 12.3 Å². The largest absolute Gasteiger partial charge is 0.378 e. The maximum atomic E-state index is 12.7.